The topological polar surface area (TPSA) is 95.5 Å². The third-order valence-corrected chi connectivity index (χ3v) is 6.99. The molecule has 2 aromatic heterocycles. The van der Waals surface area contributed by atoms with Gasteiger partial charge in [-0.05, 0) is 31.4 Å². The molecule has 0 saturated carbocycles. The molecular formula is C25H33N7O2S. The second kappa shape index (κ2) is 11.6. The summed E-state index contributed by atoms with van der Waals surface area (Å²) in [7, 11) is 1.73. The van der Waals surface area contributed by atoms with Crippen molar-refractivity contribution in [1.29, 1.82) is 0 Å². The maximum atomic E-state index is 12.9. The summed E-state index contributed by atoms with van der Waals surface area (Å²) in [4.78, 5) is 31.7. The third-order valence-electron chi connectivity index (χ3n) is 6.08. The average molecular weight is 496 g/mol. The van der Waals surface area contributed by atoms with Crippen LogP contribution in [-0.4, -0.2) is 72.2 Å². The highest BCUT2D eigenvalue weighted by Crippen LogP contribution is 2.27. The van der Waals surface area contributed by atoms with Crippen molar-refractivity contribution in [2.75, 3.05) is 62.0 Å². The molecule has 1 fully saturated rings. The highest BCUT2D eigenvalue weighted by atomic mass is 32.1. The third kappa shape index (κ3) is 6.33. The van der Waals surface area contributed by atoms with Gasteiger partial charge in [0.15, 0.2) is 5.13 Å². The van der Waals surface area contributed by atoms with Crippen molar-refractivity contribution in [3.63, 3.8) is 0 Å². The Morgan fingerprint density at radius 3 is 2.71 bits per heavy atom. The number of carbonyl (C=O) groups excluding carboxylic acids is 1. The zero-order valence-electron chi connectivity index (χ0n) is 20.8. The van der Waals surface area contributed by atoms with E-state index in [4.69, 9.17) is 4.74 Å². The van der Waals surface area contributed by atoms with E-state index in [9.17, 15) is 4.79 Å². The molecule has 186 valence electrons. The van der Waals surface area contributed by atoms with E-state index in [1.165, 1.54) is 11.3 Å². The number of amides is 1. The van der Waals surface area contributed by atoms with E-state index in [0.29, 0.717) is 21.7 Å². The van der Waals surface area contributed by atoms with E-state index < -0.39 is 0 Å². The van der Waals surface area contributed by atoms with Gasteiger partial charge in [-0.3, -0.25) is 9.69 Å². The first-order valence-corrected chi connectivity index (χ1v) is 12.7. The lowest BCUT2D eigenvalue weighted by Crippen LogP contribution is -2.47. The molecule has 3 aromatic rings. The number of anilines is 4. The van der Waals surface area contributed by atoms with Crippen LogP contribution in [-0.2, 0) is 11.2 Å². The molecule has 0 spiro atoms. The number of rotatable bonds is 9. The van der Waals surface area contributed by atoms with Crippen LogP contribution >= 0.6 is 11.3 Å². The second-order valence-electron chi connectivity index (χ2n) is 8.55. The number of carbonyl (C=O) groups is 1. The second-order valence-corrected chi connectivity index (χ2v) is 9.58. The predicted molar refractivity (Wildman–Crippen MR) is 141 cm³/mol. The summed E-state index contributed by atoms with van der Waals surface area (Å²) in [6, 6.07) is 8.00. The molecule has 1 aliphatic heterocycles. The van der Waals surface area contributed by atoms with Gasteiger partial charge in [0.05, 0.1) is 12.8 Å². The van der Waals surface area contributed by atoms with Gasteiger partial charge < -0.3 is 20.3 Å². The van der Waals surface area contributed by atoms with Crippen molar-refractivity contribution in [3.05, 3.63) is 52.3 Å². The minimum absolute atomic E-state index is 0.162. The summed E-state index contributed by atoms with van der Waals surface area (Å²) in [6.45, 7) is 11.4. The van der Waals surface area contributed by atoms with Crippen LogP contribution in [0.5, 0.6) is 0 Å². The van der Waals surface area contributed by atoms with Gasteiger partial charge >= 0.3 is 0 Å². The van der Waals surface area contributed by atoms with Gasteiger partial charge in [-0.1, -0.05) is 36.5 Å². The van der Waals surface area contributed by atoms with Crippen molar-refractivity contribution < 1.29 is 9.53 Å². The Morgan fingerprint density at radius 1 is 1.17 bits per heavy atom. The van der Waals surface area contributed by atoms with Crippen molar-refractivity contribution in [3.8, 4) is 0 Å². The molecule has 1 saturated heterocycles. The van der Waals surface area contributed by atoms with E-state index in [-0.39, 0.29) is 5.91 Å². The molecule has 0 radical (unpaired) electrons. The van der Waals surface area contributed by atoms with E-state index in [0.717, 1.165) is 68.4 Å². The summed E-state index contributed by atoms with van der Waals surface area (Å²) in [5, 5.41) is 6.93. The SMILES string of the molecule is CCc1cccc(C)c1NC(=O)c1cnc(Nc2cc(N3CCN(CCOC)CC3)nc(C)n2)s1. The van der Waals surface area contributed by atoms with Crippen LogP contribution < -0.4 is 15.5 Å². The molecule has 35 heavy (non-hydrogen) atoms. The summed E-state index contributed by atoms with van der Waals surface area (Å²) < 4.78 is 5.19. The van der Waals surface area contributed by atoms with Crippen LogP contribution in [0.2, 0.25) is 0 Å². The molecule has 0 atom stereocenters. The molecule has 0 aliphatic carbocycles. The molecule has 3 heterocycles. The number of ether oxygens (including phenoxy) is 1. The molecule has 2 N–H and O–H groups in total. The van der Waals surface area contributed by atoms with Gasteiger partial charge in [0.2, 0.25) is 0 Å². The summed E-state index contributed by atoms with van der Waals surface area (Å²) >= 11 is 1.30. The number of nitrogens with one attached hydrogen (secondary N) is 2. The number of methoxy groups -OCH3 is 1. The molecule has 0 bridgehead atoms. The lowest BCUT2D eigenvalue weighted by Gasteiger charge is -2.35. The van der Waals surface area contributed by atoms with Gasteiger partial charge in [-0.25, -0.2) is 15.0 Å². The van der Waals surface area contributed by atoms with Crippen LogP contribution in [0.25, 0.3) is 0 Å². The van der Waals surface area contributed by atoms with E-state index in [1.807, 2.05) is 38.1 Å². The monoisotopic (exact) mass is 495 g/mol. The quantitative estimate of drug-likeness (QED) is 0.462. The zero-order chi connectivity index (χ0) is 24.8. The van der Waals surface area contributed by atoms with Gasteiger partial charge in [0, 0.05) is 51.6 Å². The molecular weight excluding hydrogens is 462 g/mol. The van der Waals surface area contributed by atoms with Gasteiger partial charge in [0.1, 0.15) is 22.3 Å². The van der Waals surface area contributed by atoms with Gasteiger partial charge in [-0.15, -0.1) is 0 Å². The van der Waals surface area contributed by atoms with Crippen molar-refractivity contribution >= 4 is 39.7 Å². The van der Waals surface area contributed by atoms with E-state index in [2.05, 4.69) is 42.3 Å². The largest absolute Gasteiger partial charge is 0.383 e. The maximum Gasteiger partial charge on any atom is 0.267 e. The minimum atomic E-state index is -0.162. The Labute approximate surface area is 210 Å². The smallest absolute Gasteiger partial charge is 0.267 e. The highest BCUT2D eigenvalue weighted by molar-refractivity contribution is 7.17. The zero-order valence-corrected chi connectivity index (χ0v) is 21.6. The van der Waals surface area contributed by atoms with Crippen LogP contribution in [0.4, 0.5) is 22.5 Å². The van der Waals surface area contributed by atoms with Gasteiger partial charge in [-0.2, -0.15) is 0 Å². The number of benzene rings is 1. The fourth-order valence-electron chi connectivity index (χ4n) is 4.12. The summed E-state index contributed by atoms with van der Waals surface area (Å²) in [5.74, 6) is 2.09. The Balaban J connectivity index is 1.41. The minimum Gasteiger partial charge on any atom is -0.383 e. The van der Waals surface area contributed by atoms with Crippen LogP contribution in [0.3, 0.4) is 0 Å². The molecule has 1 aromatic carbocycles. The molecule has 1 aliphatic rings. The predicted octanol–water partition coefficient (Wildman–Crippen LogP) is 3.88. The van der Waals surface area contributed by atoms with Crippen LogP contribution in [0, 0.1) is 13.8 Å². The van der Waals surface area contributed by atoms with E-state index in [1.54, 1.807) is 13.3 Å². The summed E-state index contributed by atoms with van der Waals surface area (Å²) in [6.07, 6.45) is 2.45. The van der Waals surface area contributed by atoms with E-state index >= 15 is 0 Å². The lowest BCUT2D eigenvalue weighted by atomic mass is 10.1. The fourth-order valence-corrected chi connectivity index (χ4v) is 4.84. The van der Waals surface area contributed by atoms with Crippen LogP contribution in [0.15, 0.2) is 30.5 Å². The number of aryl methyl sites for hydroxylation is 3. The lowest BCUT2D eigenvalue weighted by molar-refractivity contribution is 0.103. The number of aromatic nitrogens is 3. The first-order valence-electron chi connectivity index (χ1n) is 11.9. The number of nitrogens with zero attached hydrogens (tertiary/aromatic N) is 5. The maximum absolute atomic E-state index is 12.9. The summed E-state index contributed by atoms with van der Waals surface area (Å²) in [5.41, 5.74) is 3.04. The first-order chi connectivity index (χ1) is 17.0. The van der Waals surface area contributed by atoms with Crippen molar-refractivity contribution in [2.45, 2.75) is 27.2 Å². The highest BCUT2D eigenvalue weighted by Gasteiger charge is 2.19. The number of piperazine rings is 1. The Hall–Kier alpha value is -3.08. The molecule has 9 nitrogen and oxygen atoms in total. The number of hydrogen-bond acceptors (Lipinski definition) is 9. The Kier molecular flexibility index (Phi) is 8.27. The average Bonchev–Trinajstić information content (AvgIpc) is 3.32. The molecule has 10 heteroatoms. The first kappa shape index (κ1) is 25.0. The molecule has 1 amide bonds. The fraction of sp³-hybridized carbons (Fsp3) is 0.440. The van der Waals surface area contributed by atoms with Crippen molar-refractivity contribution in [2.24, 2.45) is 0 Å². The number of para-hydroxylation sites is 1. The van der Waals surface area contributed by atoms with Gasteiger partial charge in [0.25, 0.3) is 5.91 Å². The molecule has 0 unspecified atom stereocenters. The Morgan fingerprint density at radius 2 is 1.97 bits per heavy atom. The normalized spacial score (nSPS) is 14.2. The molecule has 4 rings (SSSR count). The standard InChI is InChI=1S/C25H33N7O2S/c1-5-19-8-6-7-17(2)23(19)30-24(33)20-16-26-25(35-20)29-21-15-22(28-18(3)27-21)32-11-9-31(10-12-32)13-14-34-4/h6-8,15-16H,5,9-14H2,1-4H3,(H,30,33)(H,26,27,28,29). The van der Waals surface area contributed by atoms with Crippen molar-refractivity contribution in [1.82, 2.24) is 19.9 Å². The van der Waals surface area contributed by atoms with Crippen LogP contribution in [0.1, 0.15) is 33.5 Å². The number of thiazole rings is 1. The Bertz CT molecular complexity index is 1160. The number of hydrogen-bond donors (Lipinski definition) is 2.